The minimum Gasteiger partial charge on any atom is -0.386 e. The molecule has 14 heavy (non-hydrogen) atoms. The summed E-state index contributed by atoms with van der Waals surface area (Å²) in [6.45, 7) is 1.61. The Morgan fingerprint density at radius 3 is 2.93 bits per heavy atom. The zero-order valence-electron chi connectivity index (χ0n) is 7.97. The van der Waals surface area contributed by atoms with E-state index in [4.69, 9.17) is 0 Å². The second-order valence-electron chi connectivity index (χ2n) is 3.10. The van der Waals surface area contributed by atoms with Crippen molar-refractivity contribution in [3.05, 3.63) is 29.6 Å². The highest BCUT2D eigenvalue weighted by atomic mass is 19.1. The van der Waals surface area contributed by atoms with Gasteiger partial charge < -0.3 is 10.6 Å². The molecule has 2 N–H and O–H groups in total. The molecule has 3 nitrogen and oxygen atoms in total. The zero-order valence-corrected chi connectivity index (χ0v) is 7.97. The van der Waals surface area contributed by atoms with Crippen LogP contribution in [0.5, 0.6) is 0 Å². The third-order valence-corrected chi connectivity index (χ3v) is 2.19. The Balaban J connectivity index is 2.32. The van der Waals surface area contributed by atoms with Crippen molar-refractivity contribution in [2.45, 2.75) is 0 Å². The van der Waals surface area contributed by atoms with Gasteiger partial charge in [-0.1, -0.05) is 0 Å². The Morgan fingerprint density at radius 2 is 2.36 bits per heavy atom. The lowest BCUT2D eigenvalue weighted by atomic mass is 10.2. The van der Waals surface area contributed by atoms with E-state index < -0.39 is 0 Å². The van der Waals surface area contributed by atoms with Gasteiger partial charge in [0.2, 0.25) is 0 Å². The summed E-state index contributed by atoms with van der Waals surface area (Å²) in [5.74, 6) is 0.535. The molecule has 0 aliphatic carbocycles. The van der Waals surface area contributed by atoms with Crippen molar-refractivity contribution in [3.8, 4) is 0 Å². The van der Waals surface area contributed by atoms with Crippen LogP contribution in [0, 0.1) is 5.82 Å². The predicted molar refractivity (Wildman–Crippen MR) is 55.4 cm³/mol. The van der Waals surface area contributed by atoms with Gasteiger partial charge in [0.15, 0.2) is 0 Å². The molecule has 0 spiro atoms. The molecule has 0 bridgehead atoms. The molecule has 0 unspecified atom stereocenters. The van der Waals surface area contributed by atoms with Gasteiger partial charge in [0.1, 0.15) is 11.7 Å². The van der Waals surface area contributed by atoms with Gasteiger partial charge in [-0.05, 0) is 18.2 Å². The number of amidine groups is 1. The number of nitrogens with one attached hydrogen (secondary N) is 2. The van der Waals surface area contributed by atoms with Crippen molar-refractivity contribution in [1.29, 1.82) is 0 Å². The first kappa shape index (κ1) is 8.99. The Kier molecular flexibility index (Phi) is 2.35. The molecule has 0 fully saturated rings. The largest absolute Gasteiger partial charge is 0.386 e. The van der Waals surface area contributed by atoms with E-state index >= 15 is 0 Å². The number of benzene rings is 1. The van der Waals surface area contributed by atoms with Crippen LogP contribution in [-0.2, 0) is 0 Å². The molecule has 2 rings (SSSR count). The average molecular weight is 193 g/mol. The third kappa shape index (κ3) is 1.55. The first-order chi connectivity index (χ1) is 6.81. The third-order valence-electron chi connectivity index (χ3n) is 2.19. The monoisotopic (exact) mass is 193 g/mol. The van der Waals surface area contributed by atoms with Crippen LogP contribution in [0.25, 0.3) is 0 Å². The maximum absolute atomic E-state index is 13.4. The predicted octanol–water partition coefficient (Wildman–Crippen LogP) is 1.22. The van der Waals surface area contributed by atoms with E-state index in [9.17, 15) is 4.39 Å². The number of hydrogen-bond donors (Lipinski definition) is 2. The number of rotatable bonds is 2. The standard InChI is InChI=1S/C10H12FN3/c1-12-9-3-2-7(6-8(9)11)10-13-4-5-14-10/h2-3,6,12H,4-5H2,1H3,(H,13,14). The van der Waals surface area contributed by atoms with Gasteiger partial charge in [-0.15, -0.1) is 0 Å². The number of aliphatic imine (C=N–C) groups is 1. The molecule has 1 aliphatic heterocycles. The summed E-state index contributed by atoms with van der Waals surface area (Å²) in [6, 6.07) is 5.06. The van der Waals surface area contributed by atoms with Crippen LogP contribution in [0.1, 0.15) is 5.56 Å². The fourth-order valence-corrected chi connectivity index (χ4v) is 1.46. The second-order valence-corrected chi connectivity index (χ2v) is 3.10. The lowest BCUT2D eigenvalue weighted by Gasteiger charge is -2.05. The highest BCUT2D eigenvalue weighted by Gasteiger charge is 2.09. The molecule has 0 radical (unpaired) electrons. The smallest absolute Gasteiger partial charge is 0.147 e. The quantitative estimate of drug-likeness (QED) is 0.740. The lowest BCUT2D eigenvalue weighted by Crippen LogP contribution is -2.19. The van der Waals surface area contributed by atoms with E-state index in [1.807, 2.05) is 6.07 Å². The van der Waals surface area contributed by atoms with Gasteiger partial charge in [-0.2, -0.15) is 0 Å². The molecule has 1 aromatic rings. The summed E-state index contributed by atoms with van der Waals surface area (Å²) in [7, 11) is 1.70. The minimum atomic E-state index is -0.249. The maximum atomic E-state index is 13.4. The van der Waals surface area contributed by atoms with Crippen LogP contribution in [0.4, 0.5) is 10.1 Å². The number of hydrogen-bond acceptors (Lipinski definition) is 3. The van der Waals surface area contributed by atoms with Crippen molar-refractivity contribution in [1.82, 2.24) is 5.32 Å². The van der Waals surface area contributed by atoms with E-state index in [0.717, 1.165) is 24.5 Å². The minimum absolute atomic E-state index is 0.249. The molecule has 4 heteroatoms. The first-order valence-electron chi connectivity index (χ1n) is 4.57. The lowest BCUT2D eigenvalue weighted by molar-refractivity contribution is 0.631. The Bertz CT molecular complexity index is 374. The van der Waals surface area contributed by atoms with Crippen molar-refractivity contribution >= 4 is 11.5 Å². The highest BCUT2D eigenvalue weighted by molar-refractivity contribution is 6.00. The van der Waals surface area contributed by atoms with Gasteiger partial charge in [0, 0.05) is 19.2 Å². The van der Waals surface area contributed by atoms with E-state index in [1.165, 1.54) is 6.07 Å². The Morgan fingerprint density at radius 1 is 1.50 bits per heavy atom. The fourth-order valence-electron chi connectivity index (χ4n) is 1.46. The van der Waals surface area contributed by atoms with E-state index in [1.54, 1.807) is 13.1 Å². The molecule has 1 aromatic carbocycles. The van der Waals surface area contributed by atoms with E-state index in [-0.39, 0.29) is 5.82 Å². The van der Waals surface area contributed by atoms with E-state index in [0.29, 0.717) is 5.69 Å². The normalized spacial score (nSPS) is 14.9. The molecule has 0 atom stereocenters. The number of halogens is 1. The number of anilines is 1. The summed E-state index contributed by atoms with van der Waals surface area (Å²) in [4.78, 5) is 4.22. The summed E-state index contributed by atoms with van der Waals surface area (Å²) in [6.07, 6.45) is 0. The summed E-state index contributed by atoms with van der Waals surface area (Å²) in [5.41, 5.74) is 1.31. The zero-order chi connectivity index (χ0) is 9.97. The Labute approximate surface area is 82.0 Å². The molecule has 0 saturated heterocycles. The van der Waals surface area contributed by atoms with Crippen LogP contribution >= 0.6 is 0 Å². The van der Waals surface area contributed by atoms with Gasteiger partial charge in [-0.25, -0.2) is 4.39 Å². The summed E-state index contributed by atoms with van der Waals surface area (Å²) >= 11 is 0. The van der Waals surface area contributed by atoms with Crippen LogP contribution in [-0.4, -0.2) is 26.0 Å². The van der Waals surface area contributed by atoms with E-state index in [2.05, 4.69) is 15.6 Å². The summed E-state index contributed by atoms with van der Waals surface area (Å²) in [5, 5.41) is 5.88. The molecule has 0 amide bonds. The van der Waals surface area contributed by atoms with Crippen molar-refractivity contribution in [3.63, 3.8) is 0 Å². The van der Waals surface area contributed by atoms with Crippen molar-refractivity contribution in [2.24, 2.45) is 4.99 Å². The summed E-state index contributed by atoms with van der Waals surface area (Å²) < 4.78 is 13.4. The van der Waals surface area contributed by atoms with Crippen molar-refractivity contribution < 1.29 is 4.39 Å². The van der Waals surface area contributed by atoms with Crippen molar-refractivity contribution in [2.75, 3.05) is 25.5 Å². The SMILES string of the molecule is CNc1ccc(C2=NCCN2)cc1F. The van der Waals surface area contributed by atoms with Gasteiger partial charge in [0.25, 0.3) is 0 Å². The molecule has 74 valence electrons. The fraction of sp³-hybridized carbons (Fsp3) is 0.300. The van der Waals surface area contributed by atoms with Crippen LogP contribution in [0.3, 0.4) is 0 Å². The molecule has 1 aliphatic rings. The number of nitrogens with zero attached hydrogens (tertiary/aromatic N) is 1. The van der Waals surface area contributed by atoms with Crippen LogP contribution < -0.4 is 10.6 Å². The maximum Gasteiger partial charge on any atom is 0.147 e. The van der Waals surface area contributed by atoms with Crippen LogP contribution in [0.15, 0.2) is 23.2 Å². The second kappa shape index (κ2) is 3.65. The molecule has 1 heterocycles. The average Bonchev–Trinajstić information content (AvgIpc) is 2.70. The molecule has 0 aromatic heterocycles. The van der Waals surface area contributed by atoms with Gasteiger partial charge in [0.05, 0.1) is 12.2 Å². The van der Waals surface area contributed by atoms with Gasteiger partial charge >= 0.3 is 0 Å². The highest BCUT2D eigenvalue weighted by Crippen LogP contribution is 2.15. The van der Waals surface area contributed by atoms with Crippen LogP contribution in [0.2, 0.25) is 0 Å². The Hall–Kier alpha value is -1.58. The molecular formula is C10H12FN3. The first-order valence-corrected chi connectivity index (χ1v) is 4.57. The molecule has 0 saturated carbocycles. The van der Waals surface area contributed by atoms with Gasteiger partial charge in [-0.3, -0.25) is 4.99 Å². The topological polar surface area (TPSA) is 36.4 Å². The molecular weight excluding hydrogens is 181 g/mol.